The molecule has 3 heterocycles. The van der Waals surface area contributed by atoms with E-state index < -0.39 is 23.5 Å². The third-order valence-electron chi connectivity index (χ3n) is 5.73. The number of aromatic amines is 1. The van der Waals surface area contributed by atoms with Crippen LogP contribution in [0.25, 0.3) is 5.82 Å². The standard InChI is InChI=1S/C23H20FN7O6S/c1-35-14-6-12(15(24)13-7-36-9-37-17(13)14)16(28-11-4-2-10(3-5-11)19(25)26)20-29-23(34)31(30-20)21-18(22(32)33)38-8-27-21/h2-6,8,16,28H,7,9H2,1H3,(H3,25,26)(H,32,33)(H,29,30,34)/t16-/m0/s1. The molecule has 6 N–H and O–H groups in total. The van der Waals surface area contributed by atoms with Gasteiger partial charge in [-0.1, -0.05) is 0 Å². The van der Waals surface area contributed by atoms with E-state index in [1.54, 1.807) is 24.3 Å². The van der Waals surface area contributed by atoms with E-state index in [-0.39, 0.29) is 58.4 Å². The van der Waals surface area contributed by atoms with Crippen LogP contribution in [0.2, 0.25) is 0 Å². The Morgan fingerprint density at radius 3 is 2.84 bits per heavy atom. The van der Waals surface area contributed by atoms with Crippen molar-refractivity contribution in [3.05, 3.63) is 79.5 Å². The summed E-state index contributed by atoms with van der Waals surface area (Å²) in [5.41, 5.74) is 7.17. The minimum Gasteiger partial charge on any atom is -0.493 e. The van der Waals surface area contributed by atoms with Gasteiger partial charge in [-0.05, 0) is 30.3 Å². The number of carboxylic acid groups (broad SMARTS) is 1. The molecule has 13 nitrogen and oxygen atoms in total. The molecule has 2 aromatic carbocycles. The van der Waals surface area contributed by atoms with Gasteiger partial charge in [0.25, 0.3) is 0 Å². The molecule has 0 saturated carbocycles. The minimum atomic E-state index is -1.27. The number of carboxylic acids is 1. The molecule has 0 spiro atoms. The molecule has 15 heteroatoms. The number of nitrogen functional groups attached to an aromatic ring is 1. The number of amidine groups is 1. The zero-order valence-electron chi connectivity index (χ0n) is 19.6. The Bertz CT molecular complexity index is 1600. The lowest BCUT2D eigenvalue weighted by atomic mass is 9.99. The van der Waals surface area contributed by atoms with Crippen molar-refractivity contribution in [2.24, 2.45) is 5.73 Å². The summed E-state index contributed by atoms with van der Waals surface area (Å²) >= 11 is 0.833. The van der Waals surface area contributed by atoms with Crippen molar-refractivity contribution in [3.63, 3.8) is 0 Å². The number of hydrogen-bond donors (Lipinski definition) is 5. The minimum absolute atomic E-state index is 0.0338. The van der Waals surface area contributed by atoms with Gasteiger partial charge >= 0.3 is 11.7 Å². The summed E-state index contributed by atoms with van der Waals surface area (Å²) in [5.74, 6) is -1.83. The molecule has 5 rings (SSSR count). The van der Waals surface area contributed by atoms with E-state index in [2.05, 4.69) is 20.4 Å². The Morgan fingerprint density at radius 2 is 2.16 bits per heavy atom. The number of benzene rings is 2. The van der Waals surface area contributed by atoms with E-state index in [4.69, 9.17) is 25.4 Å². The molecule has 0 radical (unpaired) electrons. The fraction of sp³-hybridized carbons (Fsp3) is 0.174. The van der Waals surface area contributed by atoms with Gasteiger partial charge in [0, 0.05) is 16.8 Å². The molecule has 0 fully saturated rings. The van der Waals surface area contributed by atoms with E-state index in [0.717, 1.165) is 16.0 Å². The molecule has 0 amide bonds. The summed E-state index contributed by atoms with van der Waals surface area (Å²) in [6, 6.07) is 6.78. The van der Waals surface area contributed by atoms with Crippen LogP contribution in [0.3, 0.4) is 0 Å². The summed E-state index contributed by atoms with van der Waals surface area (Å²) in [5, 5.41) is 24.4. The van der Waals surface area contributed by atoms with Crippen LogP contribution in [0.5, 0.6) is 11.5 Å². The average Bonchev–Trinajstić information content (AvgIpc) is 3.55. The maximum atomic E-state index is 15.9. The van der Waals surface area contributed by atoms with Crippen LogP contribution in [0.4, 0.5) is 10.1 Å². The molecule has 2 aromatic heterocycles. The maximum absolute atomic E-state index is 15.9. The number of nitrogens with two attached hydrogens (primary N) is 1. The molecule has 1 aliphatic heterocycles. The Labute approximate surface area is 217 Å². The zero-order valence-corrected chi connectivity index (χ0v) is 20.5. The number of thiazole rings is 1. The first-order valence-corrected chi connectivity index (χ1v) is 11.8. The number of H-pyrrole nitrogens is 1. The highest BCUT2D eigenvalue weighted by molar-refractivity contribution is 7.12. The fourth-order valence-electron chi connectivity index (χ4n) is 3.94. The van der Waals surface area contributed by atoms with Crippen molar-refractivity contribution in [2.45, 2.75) is 12.6 Å². The van der Waals surface area contributed by atoms with E-state index in [0.29, 0.717) is 11.3 Å². The molecular formula is C23H20FN7O6S. The lowest BCUT2D eigenvalue weighted by Gasteiger charge is -2.25. The number of rotatable bonds is 8. The van der Waals surface area contributed by atoms with Crippen molar-refractivity contribution < 1.29 is 28.5 Å². The van der Waals surface area contributed by atoms with Crippen LogP contribution >= 0.6 is 11.3 Å². The number of fused-ring (bicyclic) bond motifs is 1. The van der Waals surface area contributed by atoms with Crippen LogP contribution in [-0.4, -0.2) is 50.6 Å². The molecule has 0 bridgehead atoms. The Balaban J connectivity index is 1.66. The molecule has 0 unspecified atom stereocenters. The molecule has 196 valence electrons. The number of halogens is 1. The largest absolute Gasteiger partial charge is 0.493 e. The van der Waals surface area contributed by atoms with Crippen molar-refractivity contribution >= 4 is 28.8 Å². The highest BCUT2D eigenvalue weighted by atomic mass is 32.1. The SMILES string of the molecule is COc1cc([C@H](Nc2ccc(C(=N)N)cc2)c2nn(-c3ncsc3C(=O)O)c(=O)[nH]2)c(F)c2c1OCOC2. The summed E-state index contributed by atoms with van der Waals surface area (Å²) in [7, 11) is 1.41. The van der Waals surface area contributed by atoms with Gasteiger partial charge in [-0.3, -0.25) is 10.4 Å². The van der Waals surface area contributed by atoms with Gasteiger partial charge in [0.15, 0.2) is 34.8 Å². The topological polar surface area (TPSA) is 190 Å². The number of nitrogens with zero attached hydrogens (tertiary/aromatic N) is 3. The van der Waals surface area contributed by atoms with Crippen LogP contribution in [0, 0.1) is 11.2 Å². The first-order valence-electron chi connectivity index (χ1n) is 11.0. The molecular weight excluding hydrogens is 521 g/mol. The van der Waals surface area contributed by atoms with Gasteiger partial charge < -0.3 is 30.4 Å². The smallest absolute Gasteiger partial charge is 0.349 e. The highest BCUT2D eigenvalue weighted by Gasteiger charge is 2.31. The maximum Gasteiger partial charge on any atom is 0.349 e. The number of aromatic nitrogens is 4. The van der Waals surface area contributed by atoms with Gasteiger partial charge in [-0.2, -0.15) is 4.68 Å². The number of methoxy groups -OCH3 is 1. The third kappa shape index (κ3) is 4.44. The van der Waals surface area contributed by atoms with Gasteiger partial charge in [-0.15, -0.1) is 16.4 Å². The van der Waals surface area contributed by atoms with Crippen LogP contribution in [-0.2, 0) is 11.3 Å². The quantitative estimate of drug-likeness (QED) is 0.163. The Hall–Kier alpha value is -4.76. The monoisotopic (exact) mass is 541 g/mol. The molecule has 0 saturated heterocycles. The van der Waals surface area contributed by atoms with E-state index in [1.807, 2.05) is 0 Å². The third-order valence-corrected chi connectivity index (χ3v) is 6.53. The number of hydrogen-bond acceptors (Lipinski definition) is 10. The predicted octanol–water partition coefficient (Wildman–Crippen LogP) is 2.22. The number of aromatic carboxylic acids is 1. The number of anilines is 1. The summed E-state index contributed by atoms with van der Waals surface area (Å²) in [6.45, 7) is -0.138. The molecule has 1 atom stereocenters. The molecule has 4 aromatic rings. The fourth-order valence-corrected chi connectivity index (χ4v) is 4.55. The number of carbonyl (C=O) groups is 1. The summed E-state index contributed by atoms with van der Waals surface area (Å²) in [4.78, 5) is 30.8. The number of nitrogens with one attached hydrogen (secondary N) is 3. The summed E-state index contributed by atoms with van der Waals surface area (Å²) < 4.78 is 32.9. The van der Waals surface area contributed by atoms with Gasteiger partial charge in [-0.25, -0.2) is 19.0 Å². The second-order valence-corrected chi connectivity index (χ2v) is 8.86. The lowest BCUT2D eigenvalue weighted by Crippen LogP contribution is -2.20. The van der Waals surface area contributed by atoms with Gasteiger partial charge in [0.1, 0.15) is 17.7 Å². The highest BCUT2D eigenvalue weighted by Crippen LogP contribution is 2.41. The van der Waals surface area contributed by atoms with Gasteiger partial charge in [0.05, 0.1) is 24.8 Å². The lowest BCUT2D eigenvalue weighted by molar-refractivity contribution is -0.0200. The van der Waals surface area contributed by atoms with E-state index in [9.17, 15) is 14.7 Å². The van der Waals surface area contributed by atoms with Gasteiger partial charge in [0.2, 0.25) is 0 Å². The first kappa shape index (κ1) is 24.9. The van der Waals surface area contributed by atoms with Crippen LogP contribution < -0.4 is 26.2 Å². The first-order chi connectivity index (χ1) is 18.3. The Kier molecular flexibility index (Phi) is 6.52. The van der Waals surface area contributed by atoms with Crippen molar-refractivity contribution in [2.75, 3.05) is 19.2 Å². The second-order valence-electron chi connectivity index (χ2n) is 8.01. The predicted molar refractivity (Wildman–Crippen MR) is 133 cm³/mol. The molecule has 38 heavy (non-hydrogen) atoms. The second kappa shape index (κ2) is 9.95. The zero-order chi connectivity index (χ0) is 27.0. The van der Waals surface area contributed by atoms with Crippen molar-refractivity contribution in [1.29, 1.82) is 5.41 Å². The van der Waals surface area contributed by atoms with Crippen LogP contribution in [0.15, 0.2) is 40.6 Å². The molecule has 0 aliphatic carbocycles. The molecule has 1 aliphatic rings. The van der Waals surface area contributed by atoms with Crippen LogP contribution in [0.1, 0.15) is 38.2 Å². The van der Waals surface area contributed by atoms with E-state index >= 15 is 4.39 Å². The van der Waals surface area contributed by atoms with Crippen molar-refractivity contribution in [3.8, 4) is 17.3 Å². The Morgan fingerprint density at radius 1 is 1.39 bits per heavy atom. The number of ether oxygens (including phenoxy) is 3. The van der Waals surface area contributed by atoms with E-state index in [1.165, 1.54) is 18.7 Å². The summed E-state index contributed by atoms with van der Waals surface area (Å²) in [6.07, 6.45) is 0. The van der Waals surface area contributed by atoms with Crippen molar-refractivity contribution in [1.82, 2.24) is 19.7 Å². The average molecular weight is 542 g/mol. The normalized spacial score (nSPS) is 13.3.